The highest BCUT2D eigenvalue weighted by Gasteiger charge is 2.17. The summed E-state index contributed by atoms with van der Waals surface area (Å²) >= 11 is 0. The maximum Gasteiger partial charge on any atom is 0.313 e. The number of carbonyl (C=O) groups excluding carboxylic acids is 2. The van der Waals surface area contributed by atoms with Crippen LogP contribution in [-0.4, -0.2) is 18.4 Å². The van der Waals surface area contributed by atoms with Crippen molar-refractivity contribution in [2.75, 3.05) is 6.61 Å². The Balaban J connectivity index is 2.36. The summed E-state index contributed by atoms with van der Waals surface area (Å²) in [5.41, 5.74) is 1.13. The number of hydrogen-bond donors (Lipinski definition) is 0. The number of benzene rings is 2. The Kier molecular flexibility index (Phi) is 4.82. The zero-order valence-corrected chi connectivity index (χ0v) is 11.6. The fourth-order valence-corrected chi connectivity index (χ4v) is 2.08. The van der Waals surface area contributed by atoms with E-state index in [9.17, 15) is 14.0 Å². The molecule has 0 aromatic heterocycles. The molecule has 0 heterocycles. The number of halogens is 1. The molecular formula is C17H15FO3. The highest BCUT2D eigenvalue weighted by atomic mass is 19.1. The van der Waals surface area contributed by atoms with Crippen molar-refractivity contribution in [1.82, 2.24) is 0 Å². The Bertz CT molecular complexity index is 665. The number of esters is 1. The van der Waals surface area contributed by atoms with Crippen LogP contribution in [0.3, 0.4) is 0 Å². The first-order valence-corrected chi connectivity index (χ1v) is 6.66. The SMILES string of the molecule is CCOC(=O)CC(=O)c1ccccc1-c1ccccc1F. The van der Waals surface area contributed by atoms with Crippen LogP contribution in [0.5, 0.6) is 0 Å². The Morgan fingerprint density at radius 3 is 2.29 bits per heavy atom. The largest absolute Gasteiger partial charge is 0.466 e. The number of Topliss-reactive ketones (excluding diaryl/α,β-unsaturated/α-hetero) is 1. The lowest BCUT2D eigenvalue weighted by Crippen LogP contribution is -2.12. The molecule has 0 aliphatic heterocycles. The minimum atomic E-state index is -0.578. The zero-order valence-electron chi connectivity index (χ0n) is 11.6. The van der Waals surface area contributed by atoms with Crippen LogP contribution in [-0.2, 0) is 9.53 Å². The molecule has 3 nitrogen and oxygen atoms in total. The quantitative estimate of drug-likeness (QED) is 0.479. The fourth-order valence-electron chi connectivity index (χ4n) is 2.08. The molecule has 0 aliphatic carbocycles. The van der Waals surface area contributed by atoms with E-state index < -0.39 is 11.8 Å². The van der Waals surface area contributed by atoms with Gasteiger partial charge in [-0.1, -0.05) is 42.5 Å². The third kappa shape index (κ3) is 3.54. The van der Waals surface area contributed by atoms with Crippen LogP contribution >= 0.6 is 0 Å². The highest BCUT2D eigenvalue weighted by molar-refractivity contribution is 6.09. The van der Waals surface area contributed by atoms with Gasteiger partial charge in [-0.2, -0.15) is 0 Å². The first kappa shape index (κ1) is 14.9. The maximum absolute atomic E-state index is 13.9. The Morgan fingerprint density at radius 2 is 1.62 bits per heavy atom. The summed E-state index contributed by atoms with van der Waals surface area (Å²) in [4.78, 5) is 23.6. The lowest BCUT2D eigenvalue weighted by atomic mass is 9.95. The third-order valence-electron chi connectivity index (χ3n) is 3.00. The van der Waals surface area contributed by atoms with Gasteiger partial charge in [0.1, 0.15) is 12.2 Å². The summed E-state index contributed by atoms with van der Waals surface area (Å²) in [7, 11) is 0. The Hall–Kier alpha value is -2.49. The molecule has 0 spiro atoms. The van der Waals surface area contributed by atoms with E-state index in [2.05, 4.69) is 0 Å². The molecule has 0 unspecified atom stereocenters. The molecule has 2 rings (SSSR count). The van der Waals surface area contributed by atoms with Crippen molar-refractivity contribution in [2.24, 2.45) is 0 Å². The van der Waals surface area contributed by atoms with E-state index in [-0.39, 0.29) is 18.8 Å². The van der Waals surface area contributed by atoms with E-state index in [0.717, 1.165) is 0 Å². The van der Waals surface area contributed by atoms with Gasteiger partial charge in [0.25, 0.3) is 0 Å². The third-order valence-corrected chi connectivity index (χ3v) is 3.00. The molecule has 0 bridgehead atoms. The second-order valence-corrected chi connectivity index (χ2v) is 4.43. The average molecular weight is 286 g/mol. The second-order valence-electron chi connectivity index (χ2n) is 4.43. The van der Waals surface area contributed by atoms with Gasteiger partial charge in [0.05, 0.1) is 6.61 Å². The lowest BCUT2D eigenvalue weighted by Gasteiger charge is -2.09. The molecular weight excluding hydrogens is 271 g/mol. The van der Waals surface area contributed by atoms with Gasteiger partial charge < -0.3 is 4.74 Å². The van der Waals surface area contributed by atoms with Crippen molar-refractivity contribution in [3.63, 3.8) is 0 Å². The molecule has 0 saturated carbocycles. The highest BCUT2D eigenvalue weighted by Crippen LogP contribution is 2.27. The first-order chi connectivity index (χ1) is 10.1. The van der Waals surface area contributed by atoms with Gasteiger partial charge in [-0.25, -0.2) is 4.39 Å². The topological polar surface area (TPSA) is 43.4 Å². The van der Waals surface area contributed by atoms with E-state index in [0.29, 0.717) is 16.7 Å². The standard InChI is InChI=1S/C17H15FO3/c1-2-21-17(20)11-16(19)14-9-4-3-7-12(14)13-8-5-6-10-15(13)18/h3-10H,2,11H2,1H3. The number of hydrogen-bond acceptors (Lipinski definition) is 3. The predicted octanol–water partition coefficient (Wildman–Crippen LogP) is 3.63. The molecule has 0 N–H and O–H groups in total. The van der Waals surface area contributed by atoms with Crippen molar-refractivity contribution in [2.45, 2.75) is 13.3 Å². The lowest BCUT2D eigenvalue weighted by molar-refractivity contribution is -0.141. The molecule has 0 saturated heterocycles. The number of rotatable bonds is 5. The van der Waals surface area contributed by atoms with E-state index in [1.54, 1.807) is 49.4 Å². The van der Waals surface area contributed by atoms with Crippen LogP contribution < -0.4 is 0 Å². The monoisotopic (exact) mass is 286 g/mol. The molecule has 2 aromatic rings. The van der Waals surface area contributed by atoms with E-state index >= 15 is 0 Å². The normalized spacial score (nSPS) is 10.2. The van der Waals surface area contributed by atoms with Gasteiger partial charge in [-0.3, -0.25) is 9.59 Å². The predicted molar refractivity (Wildman–Crippen MR) is 77.4 cm³/mol. The smallest absolute Gasteiger partial charge is 0.313 e. The summed E-state index contributed by atoms with van der Waals surface area (Å²) in [6, 6.07) is 12.9. The molecule has 0 fully saturated rings. The maximum atomic E-state index is 13.9. The summed E-state index contributed by atoms with van der Waals surface area (Å²) in [6.07, 6.45) is -0.348. The van der Waals surface area contributed by atoms with E-state index in [1.165, 1.54) is 6.07 Å². The van der Waals surface area contributed by atoms with Gasteiger partial charge in [-0.05, 0) is 18.6 Å². The Labute approximate surface area is 122 Å². The van der Waals surface area contributed by atoms with Crippen molar-refractivity contribution in [1.29, 1.82) is 0 Å². The first-order valence-electron chi connectivity index (χ1n) is 6.66. The molecule has 0 amide bonds. The van der Waals surface area contributed by atoms with Gasteiger partial charge in [0.15, 0.2) is 5.78 Å². The van der Waals surface area contributed by atoms with Crippen LogP contribution in [0.1, 0.15) is 23.7 Å². The molecule has 21 heavy (non-hydrogen) atoms. The van der Waals surface area contributed by atoms with Crippen LogP contribution in [0.4, 0.5) is 4.39 Å². The number of carbonyl (C=O) groups is 2. The van der Waals surface area contributed by atoms with Gasteiger partial charge in [0, 0.05) is 11.1 Å². The number of ether oxygens (including phenoxy) is 1. The van der Waals surface area contributed by atoms with Gasteiger partial charge in [0.2, 0.25) is 0 Å². The second kappa shape index (κ2) is 6.79. The van der Waals surface area contributed by atoms with Crippen molar-refractivity contribution in [3.05, 3.63) is 59.9 Å². The average Bonchev–Trinajstić information content (AvgIpc) is 2.48. The van der Waals surface area contributed by atoms with Gasteiger partial charge >= 0.3 is 5.97 Å². The summed E-state index contributed by atoms with van der Waals surface area (Å²) in [5.74, 6) is -1.37. The van der Waals surface area contributed by atoms with Crippen LogP contribution in [0, 0.1) is 5.82 Å². The van der Waals surface area contributed by atoms with Gasteiger partial charge in [-0.15, -0.1) is 0 Å². The van der Waals surface area contributed by atoms with E-state index in [4.69, 9.17) is 4.74 Å². The van der Waals surface area contributed by atoms with E-state index in [1.807, 2.05) is 0 Å². The fraction of sp³-hybridized carbons (Fsp3) is 0.176. The van der Waals surface area contributed by atoms with Crippen LogP contribution in [0.2, 0.25) is 0 Å². The zero-order chi connectivity index (χ0) is 15.2. The Morgan fingerprint density at radius 1 is 1.00 bits per heavy atom. The summed E-state index contributed by atoms with van der Waals surface area (Å²) in [5, 5.41) is 0. The van der Waals surface area contributed by atoms with Crippen LogP contribution in [0.25, 0.3) is 11.1 Å². The molecule has 0 aliphatic rings. The molecule has 0 atom stereocenters. The molecule has 2 aromatic carbocycles. The summed E-state index contributed by atoms with van der Waals surface area (Å²) < 4.78 is 18.7. The van der Waals surface area contributed by atoms with Crippen molar-refractivity contribution < 1.29 is 18.7 Å². The van der Waals surface area contributed by atoms with Crippen molar-refractivity contribution >= 4 is 11.8 Å². The summed E-state index contributed by atoms with van der Waals surface area (Å²) in [6.45, 7) is 1.90. The molecule has 0 radical (unpaired) electrons. The minimum Gasteiger partial charge on any atom is -0.466 e. The number of ketones is 1. The minimum absolute atomic E-state index is 0.223. The van der Waals surface area contributed by atoms with Crippen LogP contribution in [0.15, 0.2) is 48.5 Å². The van der Waals surface area contributed by atoms with Crippen molar-refractivity contribution in [3.8, 4) is 11.1 Å². The molecule has 4 heteroatoms. The molecule has 108 valence electrons.